The van der Waals surface area contributed by atoms with Crippen LogP contribution in [0.5, 0.6) is 0 Å². The molecule has 44 heavy (non-hydrogen) atoms. The van der Waals surface area contributed by atoms with Crippen LogP contribution in [0.2, 0.25) is 0 Å². The van der Waals surface area contributed by atoms with Gasteiger partial charge in [0.1, 0.15) is 17.8 Å². The summed E-state index contributed by atoms with van der Waals surface area (Å²) in [5.41, 5.74) is 7.02. The maximum atomic E-state index is 14.0. The molecule has 6 N–H and O–H groups in total. The quantitative estimate of drug-likeness (QED) is 0.156. The predicted molar refractivity (Wildman–Crippen MR) is 160 cm³/mol. The third-order valence-electron chi connectivity index (χ3n) is 7.63. The van der Waals surface area contributed by atoms with E-state index in [1.807, 2.05) is 24.3 Å². The summed E-state index contributed by atoms with van der Waals surface area (Å²) < 4.78 is 0. The number of hydrogen-bond donors (Lipinski definition) is 5. The van der Waals surface area contributed by atoms with Crippen molar-refractivity contribution in [3.63, 3.8) is 0 Å². The first-order chi connectivity index (χ1) is 20.7. The van der Waals surface area contributed by atoms with Crippen molar-refractivity contribution >= 4 is 41.1 Å². The monoisotopic (exact) mass is 610 g/mol. The summed E-state index contributed by atoms with van der Waals surface area (Å²) in [6.07, 6.45) is 1.44. The molecule has 2 aliphatic rings. The van der Waals surface area contributed by atoms with Crippen molar-refractivity contribution < 1.29 is 33.6 Å². The number of nitrogens with two attached hydrogens (primary N) is 1. The number of fused-ring (bicyclic) bond motifs is 1. The fourth-order valence-corrected chi connectivity index (χ4v) is 5.34. The summed E-state index contributed by atoms with van der Waals surface area (Å²) in [5.74, 6) is -5.51. The van der Waals surface area contributed by atoms with E-state index in [9.17, 15) is 33.6 Å². The molecule has 1 unspecified atom stereocenters. The Bertz CT molecular complexity index is 1350. The summed E-state index contributed by atoms with van der Waals surface area (Å²) in [6.45, 7) is 8.53. The lowest BCUT2D eigenvalue weighted by molar-refractivity contribution is -0.146. The minimum atomic E-state index is -1.30. The molecule has 0 radical (unpaired) electrons. The molecule has 1 fully saturated rings. The smallest absolute Gasteiger partial charge is 0.289 e. The first kappa shape index (κ1) is 33.9. The van der Waals surface area contributed by atoms with Crippen molar-refractivity contribution in [2.24, 2.45) is 17.6 Å². The minimum Gasteiger partial charge on any atom is -0.394 e. The highest BCUT2D eigenvalue weighted by molar-refractivity contribution is 6.38. The number of Topliss-reactive ketones (excluding diaryl/α,β-unsaturated/α-hetero) is 1. The highest BCUT2D eigenvalue weighted by Crippen LogP contribution is 2.26. The Kier molecular flexibility index (Phi) is 11.4. The van der Waals surface area contributed by atoms with E-state index < -0.39 is 65.2 Å². The molecule has 3 rings (SSSR count). The Morgan fingerprint density at radius 3 is 2.23 bits per heavy atom. The molecule has 13 heteroatoms. The lowest BCUT2D eigenvalue weighted by atomic mass is 9.90. The van der Waals surface area contributed by atoms with Gasteiger partial charge in [0.15, 0.2) is 5.78 Å². The molecule has 2 heterocycles. The van der Waals surface area contributed by atoms with Crippen molar-refractivity contribution in [2.45, 2.75) is 84.6 Å². The molecular formula is C31H42N6O7. The number of rotatable bonds is 12. The van der Waals surface area contributed by atoms with Gasteiger partial charge in [0.05, 0.1) is 6.04 Å². The highest BCUT2D eigenvalue weighted by atomic mass is 16.2. The summed E-state index contributed by atoms with van der Waals surface area (Å²) in [6, 6.07) is 3.47. The van der Waals surface area contributed by atoms with Crippen molar-refractivity contribution in [1.29, 1.82) is 0 Å². The van der Waals surface area contributed by atoms with Crippen LogP contribution in [-0.2, 0) is 46.5 Å². The number of nitrogens with one attached hydrogen (secondary N) is 4. The number of carbonyl (C=O) groups excluding carboxylic acids is 7. The van der Waals surface area contributed by atoms with Crippen molar-refractivity contribution in [3.8, 4) is 0 Å². The van der Waals surface area contributed by atoms with E-state index in [0.717, 1.165) is 17.2 Å². The number of allylic oxidation sites excluding steroid dienone is 1. The fraction of sp³-hybridized carbons (Fsp3) is 0.516. The summed E-state index contributed by atoms with van der Waals surface area (Å²) in [4.78, 5) is 91.7. The fourth-order valence-electron chi connectivity index (χ4n) is 5.34. The zero-order valence-corrected chi connectivity index (χ0v) is 25.8. The zero-order valence-electron chi connectivity index (χ0n) is 25.8. The molecule has 1 aromatic rings. The SMILES string of the molecule is CC(=O)/C=C(\N)C(=O)N[C@H](C(=O)N1Cc2ccccc2CC1C(=O)N[C@@H](C[C@@H]1CCNC1=O)C(=O)C(=O)NC(C)C)C(C)C. The van der Waals surface area contributed by atoms with E-state index >= 15 is 0 Å². The molecule has 0 aromatic heterocycles. The van der Waals surface area contributed by atoms with Gasteiger partial charge >= 0.3 is 0 Å². The molecule has 0 saturated carbocycles. The summed E-state index contributed by atoms with van der Waals surface area (Å²) in [7, 11) is 0. The minimum absolute atomic E-state index is 0.0441. The van der Waals surface area contributed by atoms with Gasteiger partial charge in [-0.15, -0.1) is 0 Å². The topological polar surface area (TPSA) is 197 Å². The van der Waals surface area contributed by atoms with Gasteiger partial charge in [-0.2, -0.15) is 0 Å². The number of carbonyl (C=O) groups is 7. The third-order valence-corrected chi connectivity index (χ3v) is 7.63. The van der Waals surface area contributed by atoms with Crippen LogP contribution >= 0.6 is 0 Å². The van der Waals surface area contributed by atoms with Gasteiger partial charge in [-0.25, -0.2) is 0 Å². The number of hydrogen-bond acceptors (Lipinski definition) is 8. The van der Waals surface area contributed by atoms with Gasteiger partial charge < -0.3 is 31.9 Å². The van der Waals surface area contributed by atoms with Crippen molar-refractivity contribution in [3.05, 3.63) is 47.2 Å². The van der Waals surface area contributed by atoms with Crippen LogP contribution in [0.1, 0.15) is 58.6 Å². The average molecular weight is 611 g/mol. The number of nitrogens with zero attached hydrogens (tertiary/aromatic N) is 1. The van der Waals surface area contributed by atoms with E-state index in [0.29, 0.717) is 13.0 Å². The van der Waals surface area contributed by atoms with E-state index in [2.05, 4.69) is 21.3 Å². The van der Waals surface area contributed by atoms with E-state index in [1.54, 1.807) is 27.7 Å². The molecule has 0 aliphatic carbocycles. The van der Waals surface area contributed by atoms with Gasteiger partial charge in [-0.1, -0.05) is 38.1 Å². The van der Waals surface area contributed by atoms with Crippen LogP contribution in [-0.4, -0.2) is 76.7 Å². The van der Waals surface area contributed by atoms with Gasteiger partial charge in [0.2, 0.25) is 23.5 Å². The molecule has 2 aliphatic heterocycles. The Labute approximate surface area is 256 Å². The maximum Gasteiger partial charge on any atom is 0.289 e. The highest BCUT2D eigenvalue weighted by Gasteiger charge is 2.41. The van der Waals surface area contributed by atoms with Gasteiger partial charge in [0, 0.05) is 37.5 Å². The van der Waals surface area contributed by atoms with E-state index in [-0.39, 0.29) is 37.0 Å². The maximum absolute atomic E-state index is 14.0. The Balaban J connectivity index is 1.93. The van der Waals surface area contributed by atoms with Crippen LogP contribution in [0.15, 0.2) is 36.0 Å². The largest absolute Gasteiger partial charge is 0.394 e. The van der Waals surface area contributed by atoms with Crippen LogP contribution in [0.3, 0.4) is 0 Å². The molecule has 238 valence electrons. The average Bonchev–Trinajstić information content (AvgIpc) is 3.36. The Morgan fingerprint density at radius 1 is 1.00 bits per heavy atom. The van der Waals surface area contributed by atoms with E-state index in [1.165, 1.54) is 11.8 Å². The predicted octanol–water partition coefficient (Wildman–Crippen LogP) is -0.383. The van der Waals surface area contributed by atoms with Crippen molar-refractivity contribution in [2.75, 3.05) is 6.54 Å². The lowest BCUT2D eigenvalue weighted by Crippen LogP contribution is -2.61. The van der Waals surface area contributed by atoms with Crippen LogP contribution in [0.4, 0.5) is 0 Å². The molecule has 4 atom stereocenters. The molecular weight excluding hydrogens is 568 g/mol. The molecule has 1 aromatic carbocycles. The Hall–Kier alpha value is -4.55. The molecule has 0 bridgehead atoms. The van der Waals surface area contributed by atoms with Gasteiger partial charge in [0.25, 0.3) is 11.8 Å². The normalized spacial score (nSPS) is 19.5. The van der Waals surface area contributed by atoms with E-state index in [4.69, 9.17) is 5.73 Å². The second-order valence-corrected chi connectivity index (χ2v) is 11.9. The third kappa shape index (κ3) is 8.51. The first-order valence-electron chi connectivity index (χ1n) is 14.8. The first-order valence-corrected chi connectivity index (χ1v) is 14.8. The number of amides is 5. The second kappa shape index (κ2) is 14.8. The summed E-state index contributed by atoms with van der Waals surface area (Å²) in [5, 5.41) is 10.5. The van der Waals surface area contributed by atoms with Gasteiger partial charge in [-0.3, -0.25) is 33.6 Å². The van der Waals surface area contributed by atoms with Crippen LogP contribution in [0.25, 0.3) is 0 Å². The summed E-state index contributed by atoms with van der Waals surface area (Å²) >= 11 is 0. The zero-order chi connectivity index (χ0) is 32.7. The number of ketones is 2. The van der Waals surface area contributed by atoms with Crippen molar-refractivity contribution in [1.82, 2.24) is 26.2 Å². The number of benzene rings is 1. The Morgan fingerprint density at radius 2 is 1.66 bits per heavy atom. The molecule has 1 saturated heterocycles. The molecule has 13 nitrogen and oxygen atoms in total. The second-order valence-electron chi connectivity index (χ2n) is 11.9. The lowest BCUT2D eigenvalue weighted by Gasteiger charge is -2.39. The molecule has 5 amide bonds. The molecule has 0 spiro atoms. The van der Waals surface area contributed by atoms with Crippen LogP contribution < -0.4 is 27.0 Å². The van der Waals surface area contributed by atoms with Crippen LogP contribution in [0, 0.1) is 11.8 Å². The van der Waals surface area contributed by atoms with Gasteiger partial charge in [-0.05, 0) is 50.7 Å². The standard InChI is InChI=1S/C31H42N6O7/c1-16(2)25(36-28(41)22(32)12-18(5)38)31(44)37-15-21-9-7-6-8-19(21)14-24(37)29(42)35-23(13-20-10-11-33-27(20)40)26(39)30(43)34-17(3)4/h6-9,12,16-17,20,23-25H,10-11,13-15,32H2,1-5H3,(H,33,40)(H,34,43)(H,35,42)(H,36,41)/b22-12-/t20-,23-,24?,25-/m0/s1.